The number of hydrogen-bond acceptors (Lipinski definition) is 0. The van der Waals surface area contributed by atoms with Crippen LogP contribution < -0.4 is 0 Å². The van der Waals surface area contributed by atoms with E-state index in [0.717, 1.165) is 0 Å². The molecule has 144 valence electrons. The Bertz CT molecular complexity index is 265. The van der Waals surface area contributed by atoms with Gasteiger partial charge in [-0.05, 0) is 0 Å². The van der Waals surface area contributed by atoms with Gasteiger partial charge >= 0.3 is 116 Å². The first-order valence-electron chi connectivity index (χ1n) is 3.04. The molecule has 22 heavy (non-hydrogen) atoms. The molecule has 0 fully saturated rings. The topological polar surface area (TPSA) is 0 Å². The fourth-order valence-electron chi connectivity index (χ4n) is 0. The summed E-state index contributed by atoms with van der Waals surface area (Å²) in [4.78, 5) is 0. The third kappa shape index (κ3) is 24900. The van der Waals surface area contributed by atoms with Crippen LogP contribution in [0.25, 0.3) is 0 Å². The van der Waals surface area contributed by atoms with Crippen LogP contribution in [0.15, 0.2) is 0 Å². The summed E-state index contributed by atoms with van der Waals surface area (Å²) in [7, 11) is -32.0. The van der Waals surface area contributed by atoms with Crippen molar-refractivity contribution in [1.29, 1.82) is 0 Å². The van der Waals surface area contributed by atoms with Crippen LogP contribution in [0.2, 0.25) is 0 Å². The van der Waals surface area contributed by atoms with E-state index >= 15 is 0 Å². The molecular weight excluding hydrogens is 462 g/mol. The summed E-state index contributed by atoms with van der Waals surface area (Å²) in [6.07, 6.45) is 0. The van der Waals surface area contributed by atoms with Crippen LogP contribution >= 0.6 is 23.4 Å². The third-order valence-electron chi connectivity index (χ3n) is 0. The maximum absolute atomic E-state index is 10.7. The average molecular weight is 462 g/mol. The number of rotatable bonds is 0. The Morgan fingerprint density at radius 3 is 0.227 bits per heavy atom. The Morgan fingerprint density at radius 1 is 0.227 bits per heavy atom. The van der Waals surface area contributed by atoms with Crippen LogP contribution in [-0.4, -0.2) is 17.4 Å². The van der Waals surface area contributed by atoms with Crippen molar-refractivity contribution in [3.63, 3.8) is 0 Å². The molecule has 0 bridgehead atoms. The van der Waals surface area contributed by atoms with Crippen LogP contribution in [-0.2, 0) is 0 Å². The molecule has 0 aliphatic carbocycles. The zero-order valence-corrected chi connectivity index (χ0v) is 12.6. The van der Waals surface area contributed by atoms with Gasteiger partial charge in [0.25, 0.3) is 0 Å². The Labute approximate surface area is 117 Å². The Balaban J connectivity index is -0.000000108. The van der Waals surface area contributed by atoms with E-state index in [2.05, 4.69) is 0 Å². The van der Waals surface area contributed by atoms with Crippen molar-refractivity contribution in [3.8, 4) is 0 Å². The van der Waals surface area contributed by atoms with E-state index in [-0.39, 0.29) is 17.4 Å². The first kappa shape index (κ1) is 30.4. The largest absolute Gasteiger partial charge is 3.00 e. The van der Waals surface area contributed by atoms with Gasteiger partial charge in [0.1, 0.15) is 0 Å². The van der Waals surface area contributed by atoms with Gasteiger partial charge in [-0.1, -0.05) is 0 Å². The van der Waals surface area contributed by atoms with E-state index < -0.39 is 23.4 Å². The molecule has 22 heteroatoms. The average Bonchev–Trinajstić information content (AvgIpc) is 1.19. The van der Waals surface area contributed by atoms with Crippen LogP contribution in [0.3, 0.4) is 0 Å². The smallest absolute Gasteiger partial charge is 3.00 e. The molecule has 0 saturated heterocycles. The predicted octanol–water partition coefficient (Wildman–Crippen LogP) is 9.77. The molecule has 0 rings (SSSR count). The van der Waals surface area contributed by atoms with Gasteiger partial charge in [-0.3, -0.25) is 0 Å². The van der Waals surface area contributed by atoms with E-state index in [1.165, 1.54) is 0 Å². The van der Waals surface area contributed by atoms with E-state index in [4.69, 9.17) is 0 Å². The fourth-order valence-corrected chi connectivity index (χ4v) is 0. The second-order valence-electron chi connectivity index (χ2n) is 2.87. The quantitative estimate of drug-likeness (QED) is 0.191. The van der Waals surface area contributed by atoms with Crippen LogP contribution in [0.1, 0.15) is 0 Å². The molecule has 0 saturated carbocycles. The monoisotopic (exact) mass is 462 g/mol. The van der Waals surface area contributed by atoms with Gasteiger partial charge < -0.3 is 0 Å². The summed E-state index contributed by atoms with van der Waals surface area (Å²) >= 11 is 0. The minimum absolute atomic E-state index is 0. The summed E-state index contributed by atoms with van der Waals surface area (Å²) in [6, 6.07) is 0. The second-order valence-corrected chi connectivity index (χ2v) is 8.62. The summed E-state index contributed by atoms with van der Waals surface area (Å²) < 4.78 is 178. The SMILES string of the molecule is F[P-](F)(F)(F)(F)F.F[P-](F)(F)(F)(F)F.F[P-](F)(F)(F)(F)F.[Al+3]. The minimum atomic E-state index is -10.7. The van der Waals surface area contributed by atoms with Gasteiger partial charge in [-0.15, -0.1) is 0 Å². The molecular formula is AlF18P3. The number of hydrogen-bond donors (Lipinski definition) is 0. The van der Waals surface area contributed by atoms with Crippen molar-refractivity contribution >= 4 is 40.8 Å². The maximum Gasteiger partial charge on any atom is 3.00 e. The zero-order valence-electron chi connectivity index (χ0n) is 8.72. The van der Waals surface area contributed by atoms with Gasteiger partial charge in [-0.2, -0.15) is 0 Å². The van der Waals surface area contributed by atoms with E-state index in [1.807, 2.05) is 0 Å². The Kier molecular flexibility index (Phi) is 6.08. The minimum Gasteiger partial charge on any atom is 3.00 e. The molecule has 0 amide bonds. The van der Waals surface area contributed by atoms with Crippen LogP contribution in [0, 0.1) is 0 Å². The van der Waals surface area contributed by atoms with Crippen molar-refractivity contribution in [1.82, 2.24) is 0 Å². The maximum atomic E-state index is 9.87. The summed E-state index contributed by atoms with van der Waals surface area (Å²) in [5, 5.41) is 0. The molecule has 0 nitrogen and oxygen atoms in total. The third-order valence-corrected chi connectivity index (χ3v) is 0. The normalized spacial score (nSPS) is 22.1. The van der Waals surface area contributed by atoms with Gasteiger partial charge in [0.05, 0.1) is 0 Å². The summed E-state index contributed by atoms with van der Waals surface area (Å²) in [6.45, 7) is 0. The van der Waals surface area contributed by atoms with E-state index in [9.17, 15) is 75.5 Å². The molecule has 0 unspecified atom stereocenters. The zero-order chi connectivity index (χ0) is 19.2. The van der Waals surface area contributed by atoms with Gasteiger partial charge in [0.2, 0.25) is 0 Å². The van der Waals surface area contributed by atoms with E-state index in [1.54, 1.807) is 0 Å². The molecule has 0 N–H and O–H groups in total. The van der Waals surface area contributed by atoms with Crippen LogP contribution in [0.5, 0.6) is 0 Å². The predicted molar refractivity (Wildman–Crippen MR) is 46.5 cm³/mol. The second kappa shape index (κ2) is 4.39. The summed E-state index contributed by atoms with van der Waals surface area (Å²) in [5.41, 5.74) is 0. The van der Waals surface area contributed by atoms with Crippen LogP contribution in [0.4, 0.5) is 75.5 Å². The van der Waals surface area contributed by atoms with Gasteiger partial charge in [-0.25, -0.2) is 0 Å². The molecule has 0 aromatic heterocycles. The van der Waals surface area contributed by atoms with Crippen molar-refractivity contribution in [2.75, 3.05) is 0 Å². The number of halogens is 18. The molecule has 0 heterocycles. The Hall–Kier alpha value is 0.562. The molecule has 0 radical (unpaired) electrons. The first-order chi connectivity index (χ1) is 7.35. The van der Waals surface area contributed by atoms with Crippen molar-refractivity contribution in [3.05, 3.63) is 0 Å². The van der Waals surface area contributed by atoms with Crippen molar-refractivity contribution < 1.29 is 75.5 Å². The summed E-state index contributed by atoms with van der Waals surface area (Å²) in [5.74, 6) is 0. The van der Waals surface area contributed by atoms with Crippen molar-refractivity contribution in [2.24, 2.45) is 0 Å². The molecule has 0 aromatic carbocycles. The Morgan fingerprint density at radius 2 is 0.227 bits per heavy atom. The molecule has 0 atom stereocenters. The fraction of sp³-hybridized carbons (Fsp3) is 0. The standard InChI is InChI=1S/Al.3F6P/c;3*1-7(2,3,4,5)6/q+3;3*-1. The molecule has 0 spiro atoms. The van der Waals surface area contributed by atoms with E-state index in [0.29, 0.717) is 0 Å². The first-order valence-corrected chi connectivity index (χ1v) is 9.13. The molecule has 0 aliphatic heterocycles. The molecule has 0 aromatic rings. The van der Waals surface area contributed by atoms with Gasteiger partial charge in [0, 0.05) is 0 Å². The van der Waals surface area contributed by atoms with Gasteiger partial charge in [0.15, 0.2) is 0 Å². The van der Waals surface area contributed by atoms with Crippen molar-refractivity contribution in [2.45, 2.75) is 0 Å². The molecule has 0 aliphatic rings.